The van der Waals surface area contributed by atoms with Gasteiger partial charge in [0.2, 0.25) is 5.88 Å². The summed E-state index contributed by atoms with van der Waals surface area (Å²) in [5.74, 6) is 0.0271. The highest BCUT2D eigenvalue weighted by Gasteiger charge is 2.23. The molecule has 30 heavy (non-hydrogen) atoms. The molecule has 1 saturated heterocycles. The molecular formula is C22H20F2N4O2. The van der Waals surface area contributed by atoms with Gasteiger partial charge < -0.3 is 14.5 Å². The van der Waals surface area contributed by atoms with Gasteiger partial charge in [-0.05, 0) is 48.9 Å². The number of carbonyl (C=O) groups excluding carboxylic acids is 1. The van der Waals surface area contributed by atoms with Gasteiger partial charge in [-0.1, -0.05) is 6.07 Å². The highest BCUT2D eigenvalue weighted by molar-refractivity contribution is 5.94. The van der Waals surface area contributed by atoms with Crippen molar-refractivity contribution in [3.8, 4) is 11.6 Å². The van der Waals surface area contributed by atoms with Gasteiger partial charge in [-0.2, -0.15) is 0 Å². The summed E-state index contributed by atoms with van der Waals surface area (Å²) < 4.78 is 32.6. The Bertz CT molecular complexity index is 1050. The summed E-state index contributed by atoms with van der Waals surface area (Å²) in [6.45, 7) is 4.00. The molecule has 1 aliphatic heterocycles. The molecule has 0 aliphatic carbocycles. The average molecular weight is 410 g/mol. The summed E-state index contributed by atoms with van der Waals surface area (Å²) in [6.07, 6.45) is 1.37. The molecular weight excluding hydrogens is 390 g/mol. The Labute approximate surface area is 172 Å². The second-order valence-corrected chi connectivity index (χ2v) is 7.04. The van der Waals surface area contributed by atoms with Gasteiger partial charge in [-0.25, -0.2) is 18.7 Å². The minimum absolute atomic E-state index is 0.106. The molecule has 8 heteroatoms. The van der Waals surface area contributed by atoms with Crippen molar-refractivity contribution in [1.29, 1.82) is 0 Å². The van der Waals surface area contributed by atoms with Crippen LogP contribution in [0.25, 0.3) is 0 Å². The Morgan fingerprint density at radius 3 is 2.43 bits per heavy atom. The SMILES string of the molecule is Cc1ccc(F)c(Oc2cc(N3CCN(C(=O)c4ccc(F)cc4)CC3)ncn2)c1. The van der Waals surface area contributed by atoms with Crippen LogP contribution in [0.2, 0.25) is 0 Å². The normalized spacial score (nSPS) is 14.0. The van der Waals surface area contributed by atoms with Crippen molar-refractivity contribution < 1.29 is 18.3 Å². The molecule has 0 N–H and O–H groups in total. The third kappa shape index (κ3) is 4.37. The number of aryl methyl sites for hydroxylation is 1. The molecule has 0 bridgehead atoms. The minimum Gasteiger partial charge on any atom is -0.436 e. The Kier molecular flexibility index (Phi) is 5.56. The highest BCUT2D eigenvalue weighted by Crippen LogP contribution is 2.26. The van der Waals surface area contributed by atoms with E-state index >= 15 is 0 Å². The van der Waals surface area contributed by atoms with E-state index in [4.69, 9.17) is 4.74 Å². The van der Waals surface area contributed by atoms with Gasteiger partial charge in [0, 0.05) is 37.8 Å². The smallest absolute Gasteiger partial charge is 0.253 e. The molecule has 0 atom stereocenters. The van der Waals surface area contributed by atoms with Gasteiger partial charge in [0.15, 0.2) is 11.6 Å². The number of halogens is 2. The first-order valence-corrected chi connectivity index (χ1v) is 9.55. The summed E-state index contributed by atoms with van der Waals surface area (Å²) in [4.78, 5) is 24.7. The highest BCUT2D eigenvalue weighted by atomic mass is 19.1. The third-order valence-corrected chi connectivity index (χ3v) is 4.91. The third-order valence-electron chi connectivity index (χ3n) is 4.91. The second kappa shape index (κ2) is 8.44. The Balaban J connectivity index is 1.41. The molecule has 1 amide bonds. The largest absolute Gasteiger partial charge is 0.436 e. The van der Waals surface area contributed by atoms with Gasteiger partial charge in [-0.15, -0.1) is 0 Å². The molecule has 0 spiro atoms. The summed E-state index contributed by atoms with van der Waals surface area (Å²) in [6, 6.07) is 11.8. The van der Waals surface area contributed by atoms with E-state index in [9.17, 15) is 13.6 Å². The lowest BCUT2D eigenvalue weighted by molar-refractivity contribution is 0.0746. The quantitative estimate of drug-likeness (QED) is 0.655. The number of piperazine rings is 1. The number of rotatable bonds is 4. The lowest BCUT2D eigenvalue weighted by Crippen LogP contribution is -2.49. The maximum atomic E-state index is 14.0. The van der Waals surface area contributed by atoms with E-state index in [-0.39, 0.29) is 23.4 Å². The number of hydrogen-bond donors (Lipinski definition) is 0. The van der Waals surface area contributed by atoms with Gasteiger partial charge in [0.25, 0.3) is 5.91 Å². The summed E-state index contributed by atoms with van der Waals surface area (Å²) in [7, 11) is 0. The van der Waals surface area contributed by atoms with Crippen molar-refractivity contribution in [2.24, 2.45) is 0 Å². The van der Waals surface area contributed by atoms with Crippen molar-refractivity contribution in [2.75, 3.05) is 31.1 Å². The fraction of sp³-hybridized carbons (Fsp3) is 0.227. The fourth-order valence-electron chi connectivity index (χ4n) is 3.27. The van der Waals surface area contributed by atoms with Crippen molar-refractivity contribution in [3.05, 3.63) is 77.6 Å². The van der Waals surface area contributed by atoms with E-state index in [1.54, 1.807) is 23.1 Å². The summed E-state index contributed by atoms with van der Waals surface area (Å²) >= 11 is 0. The molecule has 3 aromatic rings. The maximum absolute atomic E-state index is 14.0. The molecule has 2 aromatic carbocycles. The average Bonchev–Trinajstić information content (AvgIpc) is 2.77. The summed E-state index contributed by atoms with van der Waals surface area (Å²) in [5.41, 5.74) is 1.34. The molecule has 4 rings (SSSR count). The van der Waals surface area contributed by atoms with E-state index in [0.29, 0.717) is 37.6 Å². The maximum Gasteiger partial charge on any atom is 0.253 e. The van der Waals surface area contributed by atoms with E-state index in [0.717, 1.165) is 5.56 Å². The van der Waals surface area contributed by atoms with Gasteiger partial charge in [-0.3, -0.25) is 4.79 Å². The second-order valence-electron chi connectivity index (χ2n) is 7.04. The molecule has 1 aliphatic rings. The molecule has 6 nitrogen and oxygen atoms in total. The molecule has 0 unspecified atom stereocenters. The van der Waals surface area contributed by atoms with Crippen LogP contribution in [0.1, 0.15) is 15.9 Å². The van der Waals surface area contributed by atoms with E-state index < -0.39 is 5.82 Å². The van der Waals surface area contributed by atoms with Crippen LogP contribution in [-0.4, -0.2) is 47.0 Å². The lowest BCUT2D eigenvalue weighted by atomic mass is 10.2. The van der Waals surface area contributed by atoms with E-state index in [1.165, 1.54) is 36.7 Å². The lowest BCUT2D eigenvalue weighted by Gasteiger charge is -2.35. The molecule has 0 radical (unpaired) electrons. The molecule has 154 valence electrons. The predicted octanol–water partition coefficient (Wildman–Crippen LogP) is 3.82. The van der Waals surface area contributed by atoms with Crippen LogP contribution < -0.4 is 9.64 Å². The number of carbonyl (C=O) groups is 1. The zero-order chi connectivity index (χ0) is 21.1. The fourth-order valence-corrected chi connectivity index (χ4v) is 3.27. The summed E-state index contributed by atoms with van der Waals surface area (Å²) in [5, 5.41) is 0. The van der Waals surface area contributed by atoms with Crippen LogP contribution in [0.4, 0.5) is 14.6 Å². The first-order chi connectivity index (χ1) is 14.5. The van der Waals surface area contributed by atoms with E-state index in [1.807, 2.05) is 11.8 Å². The van der Waals surface area contributed by atoms with Crippen molar-refractivity contribution in [2.45, 2.75) is 6.92 Å². The number of hydrogen-bond acceptors (Lipinski definition) is 5. The number of aromatic nitrogens is 2. The number of amides is 1. The minimum atomic E-state index is -0.464. The van der Waals surface area contributed by atoms with Crippen molar-refractivity contribution in [1.82, 2.24) is 14.9 Å². The Morgan fingerprint density at radius 1 is 0.967 bits per heavy atom. The zero-order valence-electron chi connectivity index (χ0n) is 16.4. The topological polar surface area (TPSA) is 58.6 Å². The van der Waals surface area contributed by atoms with Crippen molar-refractivity contribution in [3.63, 3.8) is 0 Å². The van der Waals surface area contributed by atoms with Crippen LogP contribution in [0.15, 0.2) is 54.9 Å². The first kappa shape index (κ1) is 19.8. The number of nitrogens with zero attached hydrogens (tertiary/aromatic N) is 4. The number of benzene rings is 2. The van der Waals surface area contributed by atoms with Crippen molar-refractivity contribution >= 4 is 11.7 Å². The standard InChI is InChI=1S/C22H20F2N4O2/c1-15-2-7-18(24)19(12-15)30-21-13-20(25-14-26-21)27-8-10-28(11-9-27)22(29)16-3-5-17(23)6-4-16/h2-7,12-14H,8-11H2,1H3. The number of ether oxygens (including phenoxy) is 1. The molecule has 0 saturated carbocycles. The predicted molar refractivity (Wildman–Crippen MR) is 108 cm³/mol. The van der Waals surface area contributed by atoms with Crippen LogP contribution in [0, 0.1) is 18.6 Å². The molecule has 1 aromatic heterocycles. The number of anilines is 1. The monoisotopic (exact) mass is 410 g/mol. The Hall–Kier alpha value is -3.55. The van der Waals surface area contributed by atoms with Gasteiger partial charge in [0.05, 0.1) is 0 Å². The van der Waals surface area contributed by atoms with Crippen LogP contribution >= 0.6 is 0 Å². The zero-order valence-corrected chi connectivity index (χ0v) is 16.4. The van der Waals surface area contributed by atoms with Crippen LogP contribution in [0.5, 0.6) is 11.6 Å². The Morgan fingerprint density at radius 2 is 1.70 bits per heavy atom. The van der Waals surface area contributed by atoms with Gasteiger partial charge >= 0.3 is 0 Å². The van der Waals surface area contributed by atoms with Gasteiger partial charge in [0.1, 0.15) is 18.0 Å². The van der Waals surface area contributed by atoms with Crippen LogP contribution in [0.3, 0.4) is 0 Å². The molecule has 1 fully saturated rings. The first-order valence-electron chi connectivity index (χ1n) is 9.55. The van der Waals surface area contributed by atoms with Crippen LogP contribution in [-0.2, 0) is 0 Å². The molecule has 2 heterocycles. The van der Waals surface area contributed by atoms with E-state index in [2.05, 4.69) is 9.97 Å².